The fourth-order valence-electron chi connectivity index (χ4n) is 2.02. The SMILES string of the molecule is CCCCC[N+](C)(CC=S)CCC(O)(C(=O)O)P(=O)(O)O. The Hall–Kier alpha value is -0.370. The summed E-state index contributed by atoms with van der Waals surface area (Å²) in [4.78, 5) is 29.2. The Kier molecular flexibility index (Phi) is 8.17. The van der Waals surface area contributed by atoms with Crippen LogP contribution in [0.25, 0.3) is 0 Å². The van der Waals surface area contributed by atoms with E-state index in [0.717, 1.165) is 19.3 Å². The first-order valence-electron chi connectivity index (χ1n) is 6.81. The summed E-state index contributed by atoms with van der Waals surface area (Å²) in [5.41, 5.74) is 0. The third-order valence-corrected chi connectivity index (χ3v) is 5.17. The highest BCUT2D eigenvalue weighted by Crippen LogP contribution is 2.51. The van der Waals surface area contributed by atoms with Crippen LogP contribution in [0, 0.1) is 0 Å². The molecule has 0 aliphatic heterocycles. The minimum Gasteiger partial charge on any atom is -0.479 e. The number of unbranched alkanes of at least 4 members (excludes halogenated alkanes) is 2. The first kappa shape index (κ1) is 20.6. The molecule has 0 aromatic carbocycles. The summed E-state index contributed by atoms with van der Waals surface area (Å²) < 4.78 is 11.6. The number of carbonyl (C=O) groups is 1. The van der Waals surface area contributed by atoms with E-state index in [4.69, 9.17) is 27.1 Å². The van der Waals surface area contributed by atoms with E-state index in [2.05, 4.69) is 6.92 Å². The van der Waals surface area contributed by atoms with Gasteiger partial charge < -0.3 is 24.5 Å². The van der Waals surface area contributed by atoms with E-state index in [1.54, 1.807) is 0 Å². The molecular weight excluding hydrogens is 317 g/mol. The van der Waals surface area contributed by atoms with Gasteiger partial charge in [0.25, 0.3) is 5.34 Å². The zero-order valence-electron chi connectivity index (χ0n) is 12.4. The third-order valence-electron chi connectivity index (χ3n) is 3.64. The van der Waals surface area contributed by atoms with E-state index < -0.39 is 25.3 Å². The van der Waals surface area contributed by atoms with Gasteiger partial charge in [-0.1, -0.05) is 25.6 Å². The molecule has 0 rings (SSSR count). The van der Waals surface area contributed by atoms with Crippen LogP contribution in [0.2, 0.25) is 0 Å². The average Bonchev–Trinajstić information content (AvgIpc) is 2.35. The molecule has 0 heterocycles. The number of thiocarbonyl (C=S) groups is 1. The number of rotatable bonds is 11. The number of hydrogen-bond donors (Lipinski definition) is 4. The zero-order valence-corrected chi connectivity index (χ0v) is 14.1. The maximum Gasteiger partial charge on any atom is 0.368 e. The second-order valence-electron chi connectivity index (χ2n) is 5.54. The quantitative estimate of drug-likeness (QED) is 0.191. The second-order valence-corrected chi connectivity index (χ2v) is 7.70. The molecule has 0 spiro atoms. The van der Waals surface area contributed by atoms with E-state index in [0.29, 0.717) is 17.6 Å². The van der Waals surface area contributed by atoms with Gasteiger partial charge >= 0.3 is 13.6 Å². The van der Waals surface area contributed by atoms with Crippen molar-refractivity contribution in [2.45, 2.75) is 37.9 Å². The molecule has 0 saturated heterocycles. The second kappa shape index (κ2) is 8.31. The number of aliphatic hydroxyl groups is 1. The highest BCUT2D eigenvalue weighted by atomic mass is 32.1. The number of quaternary nitrogens is 1. The van der Waals surface area contributed by atoms with Crippen LogP contribution >= 0.6 is 19.8 Å². The largest absolute Gasteiger partial charge is 0.479 e. The van der Waals surface area contributed by atoms with E-state index >= 15 is 0 Å². The van der Waals surface area contributed by atoms with Crippen LogP contribution in [0.3, 0.4) is 0 Å². The predicted octanol–water partition coefficient (Wildman–Crippen LogP) is 0.964. The minimum absolute atomic E-state index is 0.116. The lowest BCUT2D eigenvalue weighted by molar-refractivity contribution is -0.901. The van der Waals surface area contributed by atoms with Crippen molar-refractivity contribution >= 4 is 31.2 Å². The Morgan fingerprint density at radius 2 is 1.90 bits per heavy atom. The molecule has 0 aromatic rings. The van der Waals surface area contributed by atoms with Gasteiger partial charge in [0.05, 0.1) is 20.1 Å². The Labute approximate surface area is 130 Å². The summed E-state index contributed by atoms with van der Waals surface area (Å²) in [5, 5.41) is 17.2. The van der Waals surface area contributed by atoms with Crippen molar-refractivity contribution in [1.82, 2.24) is 0 Å². The molecular formula is C12H25NO6PS+. The molecule has 0 aliphatic carbocycles. The predicted molar refractivity (Wildman–Crippen MR) is 83.2 cm³/mol. The Morgan fingerprint density at radius 1 is 1.33 bits per heavy atom. The van der Waals surface area contributed by atoms with Crippen molar-refractivity contribution in [3.63, 3.8) is 0 Å². The first-order chi connectivity index (χ1) is 9.52. The van der Waals surface area contributed by atoms with Crippen molar-refractivity contribution in [3.05, 3.63) is 0 Å². The molecule has 2 unspecified atom stereocenters. The summed E-state index contributed by atoms with van der Waals surface area (Å²) in [5.74, 6) is -1.90. The van der Waals surface area contributed by atoms with Crippen LogP contribution in [0.4, 0.5) is 0 Å². The molecule has 0 saturated carbocycles. The van der Waals surface area contributed by atoms with Gasteiger partial charge in [-0.15, -0.1) is 0 Å². The van der Waals surface area contributed by atoms with Gasteiger partial charge in [0.2, 0.25) is 0 Å². The van der Waals surface area contributed by atoms with Crippen molar-refractivity contribution in [1.29, 1.82) is 0 Å². The lowest BCUT2D eigenvalue weighted by Crippen LogP contribution is -2.50. The van der Waals surface area contributed by atoms with E-state index in [1.807, 2.05) is 7.05 Å². The average molecular weight is 342 g/mol. The molecule has 0 aliphatic rings. The van der Waals surface area contributed by atoms with Gasteiger partial charge in [-0.2, -0.15) is 0 Å². The van der Waals surface area contributed by atoms with Crippen LogP contribution < -0.4 is 0 Å². The molecule has 21 heavy (non-hydrogen) atoms. The highest BCUT2D eigenvalue weighted by Gasteiger charge is 2.53. The molecule has 9 heteroatoms. The van der Waals surface area contributed by atoms with Gasteiger partial charge in [-0.3, -0.25) is 4.57 Å². The van der Waals surface area contributed by atoms with E-state index in [-0.39, 0.29) is 6.54 Å². The lowest BCUT2D eigenvalue weighted by atomic mass is 10.1. The molecule has 2 atom stereocenters. The first-order valence-corrected chi connectivity index (χ1v) is 8.89. The normalized spacial score (nSPS) is 17.8. The van der Waals surface area contributed by atoms with Crippen LogP contribution in [0.15, 0.2) is 0 Å². The summed E-state index contributed by atoms with van der Waals surface area (Å²) in [6, 6.07) is 0. The molecule has 0 bridgehead atoms. The Bertz CT molecular complexity index is 415. The molecule has 0 radical (unpaired) electrons. The fourth-order valence-corrected chi connectivity index (χ4v) is 3.02. The van der Waals surface area contributed by atoms with Crippen molar-refractivity contribution < 1.29 is 33.8 Å². The van der Waals surface area contributed by atoms with E-state index in [9.17, 15) is 14.5 Å². The van der Waals surface area contributed by atoms with Gasteiger partial charge in [0.15, 0.2) is 0 Å². The maximum atomic E-state index is 11.3. The third kappa shape index (κ3) is 6.10. The number of aliphatic carboxylic acids is 1. The molecule has 0 amide bonds. The Morgan fingerprint density at radius 3 is 2.29 bits per heavy atom. The van der Waals surface area contributed by atoms with Gasteiger partial charge in [0.1, 0.15) is 6.54 Å². The lowest BCUT2D eigenvalue weighted by Gasteiger charge is -2.36. The Balaban J connectivity index is 4.97. The smallest absolute Gasteiger partial charge is 0.368 e. The molecule has 0 aromatic heterocycles. The standard InChI is InChI=1S/C12H24NO6PS/c1-3-4-5-7-13(2,9-10-21)8-6-12(16,11(14)15)20(17,18)19/h10,16H,3-9H2,1-2H3,(H2-,14,15,17,18,19)/p+1. The van der Waals surface area contributed by atoms with Crippen LogP contribution in [0.1, 0.15) is 32.6 Å². The van der Waals surface area contributed by atoms with Crippen molar-refractivity contribution in [3.8, 4) is 0 Å². The maximum absolute atomic E-state index is 11.3. The minimum atomic E-state index is -5.17. The van der Waals surface area contributed by atoms with Gasteiger partial charge in [-0.05, 0) is 12.8 Å². The van der Waals surface area contributed by atoms with Crippen LogP contribution in [0.5, 0.6) is 0 Å². The molecule has 7 nitrogen and oxygen atoms in total. The van der Waals surface area contributed by atoms with Gasteiger partial charge in [0, 0.05) is 11.8 Å². The van der Waals surface area contributed by atoms with Crippen LogP contribution in [-0.2, 0) is 9.36 Å². The number of carboxylic acid groups (broad SMARTS) is 1. The summed E-state index contributed by atoms with van der Waals surface area (Å²) >= 11 is 4.84. The highest BCUT2D eigenvalue weighted by molar-refractivity contribution is 7.79. The summed E-state index contributed by atoms with van der Waals surface area (Å²) in [7, 11) is -3.34. The number of carboxylic acids is 1. The molecule has 0 fully saturated rings. The topological polar surface area (TPSA) is 115 Å². The zero-order chi connectivity index (χ0) is 16.7. The number of hydrogen-bond acceptors (Lipinski definition) is 4. The summed E-state index contributed by atoms with van der Waals surface area (Å²) in [6.45, 7) is 3.35. The van der Waals surface area contributed by atoms with E-state index in [1.165, 1.54) is 5.37 Å². The summed E-state index contributed by atoms with van der Waals surface area (Å²) in [6.07, 6.45) is 2.40. The number of nitrogens with zero attached hydrogens (tertiary/aromatic N) is 1. The van der Waals surface area contributed by atoms with Gasteiger partial charge in [-0.25, -0.2) is 4.79 Å². The fraction of sp³-hybridized carbons (Fsp3) is 0.833. The van der Waals surface area contributed by atoms with Crippen molar-refractivity contribution in [2.24, 2.45) is 0 Å². The molecule has 4 N–H and O–H groups in total. The van der Waals surface area contributed by atoms with Crippen LogP contribution in [-0.4, -0.2) is 67.8 Å². The molecule has 124 valence electrons. The van der Waals surface area contributed by atoms with Crippen molar-refractivity contribution in [2.75, 3.05) is 26.7 Å². The monoisotopic (exact) mass is 342 g/mol.